The fourth-order valence-corrected chi connectivity index (χ4v) is 7.12. The second-order valence-electron chi connectivity index (χ2n) is 11.9. The molecule has 4 aliphatic rings. The molecule has 214 valence electrons. The lowest BCUT2D eigenvalue weighted by atomic mass is 9.58. The Kier molecular flexibility index (Phi) is 6.92. The third kappa shape index (κ3) is 4.00. The van der Waals surface area contributed by atoms with Crippen LogP contribution < -0.4 is 5.73 Å². The third-order valence-electron chi connectivity index (χ3n) is 8.99. The molecule has 3 aliphatic carbocycles. The van der Waals surface area contributed by atoms with Gasteiger partial charge >= 0.3 is 0 Å². The van der Waals surface area contributed by atoms with Crippen LogP contribution in [-0.4, -0.2) is 86.5 Å². The highest BCUT2D eigenvalue weighted by atomic mass is 16.3. The first-order valence-corrected chi connectivity index (χ1v) is 13.7. The number of aliphatic hydroxyl groups is 3. The van der Waals surface area contributed by atoms with Crippen LogP contribution in [0, 0.1) is 11.8 Å². The van der Waals surface area contributed by atoms with E-state index in [1.165, 1.54) is 0 Å². The molecule has 1 aromatic rings. The molecule has 0 saturated carbocycles. The number of carbonyl (C=O) groups excluding carboxylic acids is 3. The minimum atomic E-state index is -2.64. The van der Waals surface area contributed by atoms with Crippen molar-refractivity contribution in [3.05, 3.63) is 63.1 Å². The summed E-state index contributed by atoms with van der Waals surface area (Å²) in [4.78, 5) is 43.5. The number of allylic oxidation sites excluding steroid dienone is 1. The minimum absolute atomic E-state index is 0.0395. The van der Waals surface area contributed by atoms with Crippen molar-refractivity contribution in [2.24, 2.45) is 17.6 Å². The lowest BCUT2D eigenvalue weighted by molar-refractivity contribution is -0.148. The van der Waals surface area contributed by atoms with E-state index in [1.807, 2.05) is 19.9 Å². The van der Waals surface area contributed by atoms with Crippen molar-refractivity contribution in [1.82, 2.24) is 9.80 Å². The van der Waals surface area contributed by atoms with Crippen molar-refractivity contribution in [2.75, 3.05) is 27.2 Å². The zero-order chi connectivity index (χ0) is 29.3. The van der Waals surface area contributed by atoms with Crippen LogP contribution in [0.2, 0.25) is 0 Å². The Morgan fingerprint density at radius 3 is 2.48 bits per heavy atom. The number of Topliss-reactive ketones (excluding diaryl/α,β-unsaturated/α-hetero) is 2. The smallest absolute Gasteiger partial charge is 0.255 e. The maximum absolute atomic E-state index is 14.1. The number of rotatable bonds is 5. The molecule has 1 aromatic carbocycles. The van der Waals surface area contributed by atoms with Crippen LogP contribution in [0.25, 0.3) is 0 Å². The van der Waals surface area contributed by atoms with Crippen molar-refractivity contribution in [3.63, 3.8) is 0 Å². The molecule has 40 heavy (non-hydrogen) atoms. The Hall–Kier alpha value is -3.47. The number of nitrogens with zero attached hydrogens (tertiary/aromatic N) is 2. The Morgan fingerprint density at radius 2 is 1.90 bits per heavy atom. The molecule has 0 saturated heterocycles. The average Bonchev–Trinajstić information content (AvgIpc) is 2.87. The number of amides is 1. The van der Waals surface area contributed by atoms with Crippen molar-refractivity contribution in [3.8, 4) is 5.75 Å². The van der Waals surface area contributed by atoms with Crippen LogP contribution in [0.5, 0.6) is 5.75 Å². The fraction of sp³-hybridized carbons (Fsp3) is 0.500. The van der Waals surface area contributed by atoms with Crippen LogP contribution >= 0.6 is 0 Å². The van der Waals surface area contributed by atoms with E-state index >= 15 is 0 Å². The highest BCUT2D eigenvalue weighted by Crippen LogP contribution is 2.53. The number of phenolic OH excluding ortho intramolecular Hbond substituents is 1. The number of hydrogen-bond acceptors (Lipinski definition) is 9. The Balaban J connectivity index is 1.68. The summed E-state index contributed by atoms with van der Waals surface area (Å²) in [5, 5.41) is 45.7. The molecule has 0 unspecified atom stereocenters. The van der Waals surface area contributed by atoms with Crippen LogP contribution in [0.1, 0.15) is 59.7 Å². The van der Waals surface area contributed by atoms with Gasteiger partial charge in [0, 0.05) is 36.7 Å². The maximum atomic E-state index is 14.1. The molecule has 1 aliphatic heterocycles. The number of ketones is 2. The largest absolute Gasteiger partial charge is 0.510 e. The van der Waals surface area contributed by atoms with E-state index in [9.17, 15) is 34.8 Å². The molecule has 0 spiro atoms. The molecule has 6 N–H and O–H groups in total. The van der Waals surface area contributed by atoms with Gasteiger partial charge in [0.2, 0.25) is 5.78 Å². The number of hydrogen-bond donors (Lipinski definition) is 5. The van der Waals surface area contributed by atoms with Crippen molar-refractivity contribution in [2.45, 2.75) is 57.2 Å². The molecular weight excluding hydrogens is 514 g/mol. The first kappa shape index (κ1) is 28.1. The van der Waals surface area contributed by atoms with Crippen molar-refractivity contribution in [1.29, 1.82) is 0 Å². The summed E-state index contributed by atoms with van der Waals surface area (Å²) in [7, 11) is 3.23. The number of likely N-dealkylation sites (N-methyl/N-ethyl adjacent to an activating group) is 1. The number of aromatic hydroxyl groups is 1. The zero-order valence-corrected chi connectivity index (χ0v) is 23.3. The van der Waals surface area contributed by atoms with Gasteiger partial charge in [-0.1, -0.05) is 32.1 Å². The lowest BCUT2D eigenvalue weighted by Gasteiger charge is -2.50. The maximum Gasteiger partial charge on any atom is 0.255 e. The van der Waals surface area contributed by atoms with E-state index in [0.717, 1.165) is 25.1 Å². The summed E-state index contributed by atoms with van der Waals surface area (Å²) in [6, 6.07) is 0.947. The van der Waals surface area contributed by atoms with Gasteiger partial charge in [0.25, 0.3) is 5.91 Å². The molecule has 1 amide bonds. The number of fused-ring (bicyclic) bond motifs is 3. The van der Waals surface area contributed by atoms with E-state index in [4.69, 9.17) is 5.73 Å². The van der Waals surface area contributed by atoms with Gasteiger partial charge in [-0.15, -0.1) is 0 Å². The molecule has 0 radical (unpaired) electrons. The van der Waals surface area contributed by atoms with Gasteiger partial charge in [-0.3, -0.25) is 24.2 Å². The molecule has 5 rings (SSSR count). The number of carbonyl (C=O) groups is 3. The number of benzene rings is 1. The van der Waals surface area contributed by atoms with Crippen LogP contribution in [0.15, 0.2) is 40.9 Å². The normalized spacial score (nSPS) is 28.7. The highest BCUT2D eigenvalue weighted by Gasteiger charge is 2.63. The summed E-state index contributed by atoms with van der Waals surface area (Å²) in [6.07, 6.45) is 5.43. The molecular formula is C30H37N3O7. The number of phenols is 1. The van der Waals surface area contributed by atoms with Gasteiger partial charge in [-0.25, -0.2) is 0 Å². The van der Waals surface area contributed by atoms with Gasteiger partial charge in [0.05, 0.1) is 11.6 Å². The van der Waals surface area contributed by atoms with E-state index in [1.54, 1.807) is 19.0 Å². The summed E-state index contributed by atoms with van der Waals surface area (Å²) in [6.45, 7) is 6.01. The second-order valence-corrected chi connectivity index (χ2v) is 11.9. The third-order valence-corrected chi connectivity index (χ3v) is 8.99. The molecule has 10 heteroatoms. The zero-order valence-electron chi connectivity index (χ0n) is 23.3. The van der Waals surface area contributed by atoms with Gasteiger partial charge in [-0.2, -0.15) is 0 Å². The molecule has 1 heterocycles. The standard InChI is InChI=1S/C30H37N3O7/c1-14(2)17-11-16(13-33-8-6-5-7-9-33)24(34)21-18(17)10-15-12-19-23(32(3)4)26(36)22(29(31)39)28(38)30(19,40)27(37)20(15)25(21)35/h5-6,11,14-15,19,23,34,36-37,40H,7-10,12-13H2,1-4H3,(H2,31,39)/t15-,19-,23+,30-/m0/s1. The quantitative estimate of drug-likeness (QED) is 0.272. The average molecular weight is 552 g/mol. The molecule has 4 atom stereocenters. The SMILES string of the molecule is CC(C)c1cc(CN2CC=CCC2)c(O)c2c1C[C@H]1C[C@H]3[C@@H](N(C)C)C(O)=C(C(N)=O)C(=O)[C@@]3(O)C(O)=C1C2=O. The summed E-state index contributed by atoms with van der Waals surface area (Å²) >= 11 is 0. The van der Waals surface area contributed by atoms with Gasteiger partial charge < -0.3 is 26.2 Å². The van der Waals surface area contributed by atoms with Gasteiger partial charge in [0.15, 0.2) is 11.4 Å². The van der Waals surface area contributed by atoms with E-state index in [2.05, 4.69) is 17.1 Å². The number of aliphatic hydroxyl groups excluding tert-OH is 2. The minimum Gasteiger partial charge on any atom is -0.510 e. The number of primary amides is 1. The van der Waals surface area contributed by atoms with Crippen molar-refractivity contribution >= 4 is 17.5 Å². The molecule has 0 aromatic heterocycles. The molecule has 0 bridgehead atoms. The van der Waals surface area contributed by atoms with E-state index < -0.39 is 58.0 Å². The van der Waals surface area contributed by atoms with Crippen molar-refractivity contribution < 1.29 is 34.8 Å². The van der Waals surface area contributed by atoms with Crippen LogP contribution in [-0.2, 0) is 22.6 Å². The second kappa shape index (κ2) is 9.87. The fourth-order valence-electron chi connectivity index (χ4n) is 7.12. The van der Waals surface area contributed by atoms with Gasteiger partial charge in [0.1, 0.15) is 22.8 Å². The Morgan fingerprint density at radius 1 is 1.20 bits per heavy atom. The lowest BCUT2D eigenvalue weighted by Crippen LogP contribution is -2.63. The topological polar surface area (TPSA) is 165 Å². The monoisotopic (exact) mass is 551 g/mol. The Bertz CT molecular complexity index is 1410. The summed E-state index contributed by atoms with van der Waals surface area (Å²) < 4.78 is 0. The predicted molar refractivity (Wildman–Crippen MR) is 147 cm³/mol. The Labute approximate surface area is 233 Å². The number of nitrogens with two attached hydrogens (primary N) is 1. The first-order valence-electron chi connectivity index (χ1n) is 13.7. The van der Waals surface area contributed by atoms with Crippen LogP contribution in [0.4, 0.5) is 0 Å². The first-order chi connectivity index (χ1) is 18.8. The summed E-state index contributed by atoms with van der Waals surface area (Å²) in [5.74, 6) is -6.29. The van der Waals surface area contributed by atoms with Gasteiger partial charge in [-0.05, 0) is 56.3 Å². The molecule has 10 nitrogen and oxygen atoms in total. The predicted octanol–water partition coefficient (Wildman–Crippen LogP) is 2.01. The van der Waals surface area contributed by atoms with E-state index in [0.29, 0.717) is 24.1 Å². The molecule has 0 fully saturated rings. The highest BCUT2D eigenvalue weighted by molar-refractivity contribution is 6.24. The van der Waals surface area contributed by atoms with E-state index in [-0.39, 0.29) is 29.2 Å². The van der Waals surface area contributed by atoms with Crippen LogP contribution in [0.3, 0.4) is 0 Å². The summed E-state index contributed by atoms with van der Waals surface area (Å²) in [5.41, 5.74) is 4.11.